The number of ether oxygens (including phenoxy) is 1. The van der Waals surface area contributed by atoms with Gasteiger partial charge in [-0.2, -0.15) is 0 Å². The average molecular weight is 298 g/mol. The Morgan fingerprint density at radius 3 is 2.10 bits per heavy atom. The van der Waals surface area contributed by atoms with Gasteiger partial charge in [0.2, 0.25) is 0 Å². The lowest BCUT2D eigenvalue weighted by molar-refractivity contribution is 0.0600. The van der Waals surface area contributed by atoms with E-state index >= 15 is 0 Å². The summed E-state index contributed by atoms with van der Waals surface area (Å²) < 4.78 is 4.61. The average Bonchev–Trinajstić information content (AvgIpc) is 2.42. The van der Waals surface area contributed by atoms with Crippen LogP contribution in [0.3, 0.4) is 0 Å². The van der Waals surface area contributed by atoms with Crippen LogP contribution in [0.4, 0.5) is 0 Å². The van der Waals surface area contributed by atoms with Crippen molar-refractivity contribution in [2.24, 2.45) is 0 Å². The van der Waals surface area contributed by atoms with E-state index in [1.54, 1.807) is 24.3 Å². The Bertz CT molecular complexity index is 477. The van der Waals surface area contributed by atoms with E-state index in [-0.39, 0.29) is 17.2 Å². The Morgan fingerprint density at radius 2 is 1.70 bits per heavy atom. The molecule has 0 saturated carbocycles. The maximum atomic E-state index is 12.3. The maximum absolute atomic E-state index is 12.3. The lowest BCUT2D eigenvalue weighted by atomic mass is 10.0. The molecule has 4 nitrogen and oxygen atoms in total. The zero-order chi connectivity index (χ0) is 15.3. The first kappa shape index (κ1) is 16.7. The number of rotatable bonds is 5. The second-order valence-corrected chi connectivity index (χ2v) is 5.84. The Kier molecular flexibility index (Phi) is 5.72. The topological polar surface area (TPSA) is 55.4 Å². The number of carbonyl (C=O) groups is 2. The summed E-state index contributed by atoms with van der Waals surface area (Å²) in [6.45, 7) is 5.92. The molecule has 0 bridgehead atoms. The van der Waals surface area contributed by atoms with Gasteiger partial charge in [-0.15, -0.1) is 11.6 Å². The second kappa shape index (κ2) is 6.86. The van der Waals surface area contributed by atoms with Crippen molar-refractivity contribution in [3.63, 3.8) is 0 Å². The van der Waals surface area contributed by atoms with Crippen molar-refractivity contribution in [3.05, 3.63) is 35.4 Å². The molecule has 20 heavy (non-hydrogen) atoms. The van der Waals surface area contributed by atoms with Crippen LogP contribution in [0.5, 0.6) is 0 Å². The van der Waals surface area contributed by atoms with Gasteiger partial charge in [0, 0.05) is 17.0 Å². The number of methoxy groups -OCH3 is 1. The molecule has 0 spiro atoms. The van der Waals surface area contributed by atoms with Gasteiger partial charge in [0.15, 0.2) is 5.78 Å². The molecule has 1 rings (SSSR count). The number of benzene rings is 1. The highest BCUT2D eigenvalue weighted by atomic mass is 35.5. The summed E-state index contributed by atoms with van der Waals surface area (Å²) >= 11 is 5.87. The molecule has 0 aliphatic carbocycles. The molecule has 1 N–H and O–H groups in total. The molecular weight excluding hydrogens is 278 g/mol. The van der Waals surface area contributed by atoms with E-state index in [0.29, 0.717) is 11.1 Å². The molecule has 1 atom stereocenters. The third-order valence-corrected chi connectivity index (χ3v) is 2.98. The Labute approximate surface area is 124 Å². The van der Waals surface area contributed by atoms with Gasteiger partial charge in [0.25, 0.3) is 0 Å². The number of ketones is 1. The molecule has 0 amide bonds. The normalized spacial score (nSPS) is 12.8. The van der Waals surface area contributed by atoms with Crippen LogP contribution in [0.1, 0.15) is 41.5 Å². The lowest BCUT2D eigenvalue weighted by Crippen LogP contribution is -2.48. The molecule has 0 aliphatic heterocycles. The van der Waals surface area contributed by atoms with Crippen molar-refractivity contribution in [1.29, 1.82) is 0 Å². The molecule has 1 unspecified atom stereocenters. The van der Waals surface area contributed by atoms with E-state index in [2.05, 4.69) is 10.1 Å². The fraction of sp³-hybridized carbons (Fsp3) is 0.467. The summed E-state index contributed by atoms with van der Waals surface area (Å²) in [5, 5.41) is 3.18. The molecule has 0 heterocycles. The zero-order valence-corrected chi connectivity index (χ0v) is 13.0. The van der Waals surface area contributed by atoms with E-state index in [9.17, 15) is 9.59 Å². The smallest absolute Gasteiger partial charge is 0.337 e. The molecule has 110 valence electrons. The summed E-state index contributed by atoms with van der Waals surface area (Å²) in [6, 6.07) is 5.90. The van der Waals surface area contributed by atoms with Gasteiger partial charge in [-0.3, -0.25) is 4.79 Å². The van der Waals surface area contributed by atoms with Crippen LogP contribution in [0, 0.1) is 0 Å². The Morgan fingerprint density at radius 1 is 1.20 bits per heavy atom. The largest absolute Gasteiger partial charge is 0.465 e. The molecule has 0 radical (unpaired) electrons. The van der Waals surface area contributed by atoms with Gasteiger partial charge in [-0.25, -0.2) is 4.79 Å². The second-order valence-electron chi connectivity index (χ2n) is 5.53. The first-order chi connectivity index (χ1) is 9.28. The highest BCUT2D eigenvalue weighted by molar-refractivity contribution is 6.21. The van der Waals surface area contributed by atoms with Gasteiger partial charge >= 0.3 is 5.97 Å². The van der Waals surface area contributed by atoms with Crippen molar-refractivity contribution in [3.8, 4) is 0 Å². The number of halogens is 1. The van der Waals surface area contributed by atoms with Crippen molar-refractivity contribution in [2.45, 2.75) is 32.4 Å². The summed E-state index contributed by atoms with van der Waals surface area (Å²) in [4.78, 5) is 23.7. The van der Waals surface area contributed by atoms with Gasteiger partial charge in [-0.1, -0.05) is 12.1 Å². The third kappa shape index (κ3) is 4.62. The van der Waals surface area contributed by atoms with Crippen LogP contribution in [0.15, 0.2) is 24.3 Å². The number of alkyl halides is 1. The number of nitrogens with one attached hydrogen (secondary N) is 1. The first-order valence-corrected chi connectivity index (χ1v) is 6.88. The predicted octanol–water partition coefficient (Wildman–Crippen LogP) is 2.65. The Balaban J connectivity index is 2.88. The molecule has 0 fully saturated rings. The molecule has 0 aliphatic rings. The van der Waals surface area contributed by atoms with Crippen molar-refractivity contribution in [1.82, 2.24) is 5.32 Å². The van der Waals surface area contributed by atoms with E-state index in [1.807, 2.05) is 20.8 Å². The van der Waals surface area contributed by atoms with Crippen LogP contribution < -0.4 is 5.32 Å². The minimum atomic E-state index is -0.458. The van der Waals surface area contributed by atoms with Gasteiger partial charge in [-0.05, 0) is 32.9 Å². The maximum Gasteiger partial charge on any atom is 0.337 e. The number of Topliss-reactive ketones (excluding diaryl/α,β-unsaturated/α-hetero) is 1. The lowest BCUT2D eigenvalue weighted by Gasteiger charge is -2.26. The molecule has 0 saturated heterocycles. The highest BCUT2D eigenvalue weighted by Crippen LogP contribution is 2.11. The third-order valence-electron chi connectivity index (χ3n) is 2.67. The summed E-state index contributed by atoms with van der Waals surface area (Å²) in [7, 11) is 1.32. The van der Waals surface area contributed by atoms with Crippen LogP contribution >= 0.6 is 11.6 Å². The number of hydrogen-bond acceptors (Lipinski definition) is 4. The molecule has 5 heteroatoms. The monoisotopic (exact) mass is 297 g/mol. The van der Waals surface area contributed by atoms with Crippen LogP contribution in [-0.2, 0) is 4.74 Å². The fourth-order valence-electron chi connectivity index (χ4n) is 1.79. The Hall–Kier alpha value is -1.39. The standard InChI is InChI=1S/C15H20ClNO3/c1-15(2,3)17-12(9-16)13(18)10-5-7-11(8-6-10)14(19)20-4/h5-8,12,17H,9H2,1-4H3. The minimum Gasteiger partial charge on any atom is -0.465 e. The first-order valence-electron chi connectivity index (χ1n) is 6.34. The molecule has 1 aromatic rings. The summed E-state index contributed by atoms with van der Waals surface area (Å²) in [5.41, 5.74) is 0.719. The minimum absolute atomic E-state index is 0.0914. The van der Waals surface area contributed by atoms with Crippen LogP contribution in [-0.4, -0.2) is 36.3 Å². The van der Waals surface area contributed by atoms with Crippen LogP contribution in [0.2, 0.25) is 0 Å². The van der Waals surface area contributed by atoms with Crippen molar-refractivity contribution in [2.75, 3.05) is 13.0 Å². The van der Waals surface area contributed by atoms with E-state index in [0.717, 1.165) is 0 Å². The van der Waals surface area contributed by atoms with E-state index < -0.39 is 12.0 Å². The van der Waals surface area contributed by atoms with Gasteiger partial charge in [0.05, 0.1) is 18.7 Å². The predicted molar refractivity (Wildman–Crippen MR) is 79.5 cm³/mol. The van der Waals surface area contributed by atoms with E-state index in [1.165, 1.54) is 7.11 Å². The molecule has 0 aromatic heterocycles. The van der Waals surface area contributed by atoms with E-state index in [4.69, 9.17) is 11.6 Å². The van der Waals surface area contributed by atoms with Crippen molar-refractivity contribution >= 4 is 23.4 Å². The zero-order valence-electron chi connectivity index (χ0n) is 12.2. The van der Waals surface area contributed by atoms with Crippen molar-refractivity contribution < 1.29 is 14.3 Å². The molecule has 1 aromatic carbocycles. The molecular formula is C15H20ClNO3. The number of carbonyl (C=O) groups excluding carboxylic acids is 2. The SMILES string of the molecule is COC(=O)c1ccc(C(=O)C(CCl)NC(C)(C)C)cc1. The summed E-state index contributed by atoms with van der Waals surface area (Å²) in [6.07, 6.45) is 0. The van der Waals surface area contributed by atoms with Gasteiger partial charge < -0.3 is 10.1 Å². The quantitative estimate of drug-likeness (QED) is 0.516. The number of hydrogen-bond donors (Lipinski definition) is 1. The fourth-order valence-corrected chi connectivity index (χ4v) is 2.00. The van der Waals surface area contributed by atoms with Crippen LogP contribution in [0.25, 0.3) is 0 Å². The number of esters is 1. The van der Waals surface area contributed by atoms with Gasteiger partial charge in [0.1, 0.15) is 0 Å². The summed E-state index contributed by atoms with van der Waals surface area (Å²) in [5.74, 6) is -0.327. The highest BCUT2D eigenvalue weighted by Gasteiger charge is 2.24.